The summed E-state index contributed by atoms with van der Waals surface area (Å²) < 4.78 is 19.4. The number of ether oxygens (including phenoxy) is 1. The maximum Gasteiger partial charge on any atom is 0.252 e. The molecule has 0 saturated carbocycles. The molecule has 5 heteroatoms. The van der Waals surface area contributed by atoms with E-state index in [0.717, 1.165) is 5.56 Å². The van der Waals surface area contributed by atoms with Gasteiger partial charge in [0, 0.05) is 17.1 Å². The number of carbonyl (C=O) groups excluding carboxylic acids is 1. The molecule has 2 N–H and O–H groups in total. The first-order valence-corrected chi connectivity index (χ1v) is 6.70. The number of hydrogen-bond acceptors (Lipinski definition) is 3. The van der Waals surface area contributed by atoms with Crippen LogP contribution in [0.2, 0.25) is 0 Å². The van der Waals surface area contributed by atoms with Gasteiger partial charge in [0.2, 0.25) is 0 Å². The summed E-state index contributed by atoms with van der Waals surface area (Å²) in [6.07, 6.45) is 1.60. The van der Waals surface area contributed by atoms with Crippen molar-refractivity contribution in [3.8, 4) is 5.75 Å². The number of rotatable bonds is 4. The molecule has 1 heterocycles. The number of hydrogen-bond donors (Lipinski definition) is 1. The van der Waals surface area contributed by atoms with E-state index in [-0.39, 0.29) is 12.4 Å². The van der Waals surface area contributed by atoms with E-state index in [0.29, 0.717) is 22.2 Å². The minimum atomic E-state index is -0.558. The van der Waals surface area contributed by atoms with Crippen LogP contribution in [0.3, 0.4) is 0 Å². The van der Waals surface area contributed by atoms with E-state index in [1.807, 2.05) is 0 Å². The highest BCUT2D eigenvalue weighted by Crippen LogP contribution is 2.23. The summed E-state index contributed by atoms with van der Waals surface area (Å²) in [6, 6.07) is 13.1. The molecular weight excluding hydrogens is 283 g/mol. The molecule has 1 aromatic heterocycles. The minimum Gasteiger partial charge on any atom is -0.488 e. The zero-order valence-electron chi connectivity index (χ0n) is 11.6. The van der Waals surface area contributed by atoms with E-state index < -0.39 is 5.91 Å². The van der Waals surface area contributed by atoms with E-state index in [4.69, 9.17) is 10.5 Å². The Labute approximate surface area is 126 Å². The topological polar surface area (TPSA) is 65.2 Å². The van der Waals surface area contributed by atoms with Gasteiger partial charge in [-0.15, -0.1) is 0 Å². The van der Waals surface area contributed by atoms with Gasteiger partial charge in [0.1, 0.15) is 18.2 Å². The van der Waals surface area contributed by atoms with E-state index >= 15 is 0 Å². The minimum absolute atomic E-state index is 0.165. The third-order valence-electron chi connectivity index (χ3n) is 3.34. The van der Waals surface area contributed by atoms with Crippen LogP contribution in [0.15, 0.2) is 54.7 Å². The molecule has 0 atom stereocenters. The highest BCUT2D eigenvalue weighted by molar-refractivity contribution is 5.95. The first kappa shape index (κ1) is 14.0. The lowest BCUT2D eigenvalue weighted by Gasteiger charge is -2.11. The summed E-state index contributed by atoms with van der Waals surface area (Å²) in [6.45, 7) is 0.165. The Hall–Kier alpha value is -2.95. The molecule has 0 unspecified atom stereocenters. The first-order valence-electron chi connectivity index (χ1n) is 6.70. The fourth-order valence-electron chi connectivity index (χ4n) is 2.26. The monoisotopic (exact) mass is 296 g/mol. The fourth-order valence-corrected chi connectivity index (χ4v) is 2.26. The molecule has 0 fully saturated rings. The molecule has 2 aromatic carbocycles. The van der Waals surface area contributed by atoms with Crippen molar-refractivity contribution in [1.29, 1.82) is 0 Å². The molecule has 0 aliphatic carbocycles. The van der Waals surface area contributed by atoms with Crippen molar-refractivity contribution in [1.82, 2.24) is 4.98 Å². The summed E-state index contributed by atoms with van der Waals surface area (Å²) in [5.41, 5.74) is 6.89. The molecule has 1 amide bonds. The number of primary amides is 1. The number of carbonyl (C=O) groups is 1. The van der Waals surface area contributed by atoms with Gasteiger partial charge in [-0.3, -0.25) is 9.78 Å². The number of fused-ring (bicyclic) bond motifs is 1. The Morgan fingerprint density at radius 3 is 2.77 bits per heavy atom. The van der Waals surface area contributed by atoms with Gasteiger partial charge in [-0.05, 0) is 30.3 Å². The quantitative estimate of drug-likeness (QED) is 0.804. The number of pyridine rings is 1. The van der Waals surface area contributed by atoms with Crippen LogP contribution >= 0.6 is 0 Å². The van der Waals surface area contributed by atoms with E-state index in [1.165, 1.54) is 6.07 Å². The summed E-state index contributed by atoms with van der Waals surface area (Å²) in [5.74, 6) is -0.495. The second kappa shape index (κ2) is 5.81. The predicted molar refractivity (Wildman–Crippen MR) is 81.0 cm³/mol. The maximum atomic E-state index is 13.8. The van der Waals surface area contributed by atoms with Crippen LogP contribution in [0, 0.1) is 5.82 Å². The van der Waals surface area contributed by atoms with Crippen LogP contribution in [0.5, 0.6) is 5.75 Å². The van der Waals surface area contributed by atoms with Crippen LogP contribution in [-0.2, 0) is 6.61 Å². The Kier molecular flexibility index (Phi) is 3.70. The summed E-state index contributed by atoms with van der Waals surface area (Å²) in [4.78, 5) is 15.6. The summed E-state index contributed by atoms with van der Waals surface area (Å²) in [7, 11) is 0. The molecule has 0 bridgehead atoms. The van der Waals surface area contributed by atoms with Gasteiger partial charge < -0.3 is 10.5 Å². The van der Waals surface area contributed by atoms with Crippen molar-refractivity contribution in [2.75, 3.05) is 0 Å². The van der Waals surface area contributed by atoms with E-state index in [2.05, 4.69) is 4.98 Å². The average Bonchev–Trinajstić information content (AvgIpc) is 2.55. The smallest absolute Gasteiger partial charge is 0.252 e. The molecule has 0 spiro atoms. The number of para-hydroxylation sites is 1. The number of nitrogens with zero attached hydrogens (tertiary/aromatic N) is 1. The van der Waals surface area contributed by atoms with Crippen LogP contribution in [0.1, 0.15) is 15.9 Å². The molecule has 4 nitrogen and oxygen atoms in total. The lowest BCUT2D eigenvalue weighted by molar-refractivity contribution is 0.0996. The van der Waals surface area contributed by atoms with Crippen molar-refractivity contribution in [3.05, 3.63) is 71.7 Å². The standard InChI is InChI=1S/C17H13FN2O2/c18-14-8-7-11(16-12(14)5-3-9-20-16)10-22-15-6-2-1-4-13(15)17(19)21/h1-9H,10H2,(H2,19,21). The van der Waals surface area contributed by atoms with Crippen molar-refractivity contribution >= 4 is 16.8 Å². The number of aromatic nitrogens is 1. The number of amides is 1. The van der Waals surface area contributed by atoms with Gasteiger partial charge >= 0.3 is 0 Å². The Morgan fingerprint density at radius 1 is 1.14 bits per heavy atom. The van der Waals surface area contributed by atoms with Crippen LogP contribution in [0.4, 0.5) is 4.39 Å². The van der Waals surface area contributed by atoms with Crippen molar-refractivity contribution in [3.63, 3.8) is 0 Å². The maximum absolute atomic E-state index is 13.8. The molecule has 0 saturated heterocycles. The van der Waals surface area contributed by atoms with Gasteiger partial charge in [0.15, 0.2) is 0 Å². The van der Waals surface area contributed by atoms with Crippen LogP contribution < -0.4 is 10.5 Å². The van der Waals surface area contributed by atoms with Gasteiger partial charge in [-0.1, -0.05) is 18.2 Å². The van der Waals surface area contributed by atoms with Gasteiger partial charge in [-0.25, -0.2) is 4.39 Å². The molecule has 22 heavy (non-hydrogen) atoms. The zero-order chi connectivity index (χ0) is 15.5. The molecule has 0 aliphatic heterocycles. The van der Waals surface area contributed by atoms with Crippen molar-refractivity contribution in [2.24, 2.45) is 5.73 Å². The third kappa shape index (κ3) is 2.61. The zero-order valence-corrected chi connectivity index (χ0v) is 11.6. The number of halogens is 1. The van der Waals surface area contributed by atoms with E-state index in [1.54, 1.807) is 48.7 Å². The molecule has 0 aliphatic rings. The van der Waals surface area contributed by atoms with Gasteiger partial charge in [0.05, 0.1) is 11.1 Å². The Morgan fingerprint density at radius 2 is 1.95 bits per heavy atom. The van der Waals surface area contributed by atoms with Gasteiger partial charge in [0.25, 0.3) is 5.91 Å². The first-order chi connectivity index (χ1) is 10.7. The molecule has 0 radical (unpaired) electrons. The largest absolute Gasteiger partial charge is 0.488 e. The fraction of sp³-hybridized carbons (Fsp3) is 0.0588. The Bertz CT molecular complexity index is 849. The Balaban J connectivity index is 1.92. The molecular formula is C17H13FN2O2. The van der Waals surface area contributed by atoms with Gasteiger partial charge in [-0.2, -0.15) is 0 Å². The van der Waals surface area contributed by atoms with Crippen LogP contribution in [-0.4, -0.2) is 10.9 Å². The highest BCUT2D eigenvalue weighted by Gasteiger charge is 2.11. The van der Waals surface area contributed by atoms with Crippen molar-refractivity contribution in [2.45, 2.75) is 6.61 Å². The van der Waals surface area contributed by atoms with Crippen LogP contribution in [0.25, 0.3) is 10.9 Å². The predicted octanol–water partition coefficient (Wildman–Crippen LogP) is 3.05. The average molecular weight is 296 g/mol. The third-order valence-corrected chi connectivity index (χ3v) is 3.34. The number of nitrogens with two attached hydrogens (primary N) is 1. The molecule has 3 aromatic rings. The number of benzene rings is 2. The second-order valence-electron chi connectivity index (χ2n) is 4.76. The van der Waals surface area contributed by atoms with Crippen molar-refractivity contribution < 1.29 is 13.9 Å². The SMILES string of the molecule is NC(=O)c1ccccc1OCc1ccc(F)c2cccnc12. The molecule has 3 rings (SSSR count). The van der Waals surface area contributed by atoms with E-state index in [9.17, 15) is 9.18 Å². The second-order valence-corrected chi connectivity index (χ2v) is 4.76. The normalized spacial score (nSPS) is 10.6. The lowest BCUT2D eigenvalue weighted by Crippen LogP contribution is -2.13. The highest BCUT2D eigenvalue weighted by atomic mass is 19.1. The summed E-state index contributed by atoms with van der Waals surface area (Å²) >= 11 is 0. The summed E-state index contributed by atoms with van der Waals surface area (Å²) in [5, 5.41) is 0.437. The lowest BCUT2D eigenvalue weighted by atomic mass is 10.1. The molecule has 110 valence electrons.